The average Bonchev–Trinajstić information content (AvgIpc) is 2.25. The second-order valence-corrected chi connectivity index (χ2v) is 4.46. The molecule has 0 saturated heterocycles. The maximum absolute atomic E-state index is 11.3. The molecule has 0 aliphatic heterocycles. The predicted molar refractivity (Wildman–Crippen MR) is 69.1 cm³/mol. The number of hydrogen-bond donors (Lipinski definition) is 2. The molecule has 0 aromatic heterocycles. The number of rotatable bonds is 4. The van der Waals surface area contributed by atoms with Crippen molar-refractivity contribution in [2.24, 2.45) is 0 Å². The Morgan fingerprint density at radius 1 is 1.41 bits per heavy atom. The van der Waals surface area contributed by atoms with E-state index in [-0.39, 0.29) is 6.10 Å². The zero-order chi connectivity index (χ0) is 12.8. The van der Waals surface area contributed by atoms with Gasteiger partial charge in [-0.05, 0) is 32.0 Å². The minimum atomic E-state index is -0.540. The zero-order valence-corrected chi connectivity index (χ0v) is 11.5. The summed E-state index contributed by atoms with van der Waals surface area (Å²) in [5, 5.41) is 0. The van der Waals surface area contributed by atoms with E-state index in [2.05, 4.69) is 26.8 Å². The first kappa shape index (κ1) is 13.6. The van der Waals surface area contributed by atoms with Crippen LogP contribution in [0.5, 0.6) is 5.75 Å². The van der Waals surface area contributed by atoms with Crippen LogP contribution in [0.3, 0.4) is 0 Å². The van der Waals surface area contributed by atoms with Gasteiger partial charge in [-0.2, -0.15) is 0 Å². The molecular formula is C11H15BrN2O3. The van der Waals surface area contributed by atoms with Crippen LogP contribution in [-0.4, -0.2) is 19.3 Å². The van der Waals surface area contributed by atoms with Crippen LogP contribution in [0.4, 0.5) is 10.5 Å². The fraction of sp³-hybridized carbons (Fsp3) is 0.364. The van der Waals surface area contributed by atoms with Gasteiger partial charge >= 0.3 is 6.09 Å². The van der Waals surface area contributed by atoms with Gasteiger partial charge in [-0.25, -0.2) is 10.2 Å². The van der Waals surface area contributed by atoms with Crippen LogP contribution in [0.1, 0.15) is 13.8 Å². The van der Waals surface area contributed by atoms with Crippen LogP contribution in [-0.2, 0) is 4.74 Å². The number of anilines is 1. The maximum atomic E-state index is 11.3. The van der Waals surface area contributed by atoms with Gasteiger partial charge in [-0.15, -0.1) is 0 Å². The maximum Gasteiger partial charge on any atom is 0.426 e. The molecule has 17 heavy (non-hydrogen) atoms. The number of carbonyl (C=O) groups excluding carboxylic acids is 1. The van der Waals surface area contributed by atoms with Crippen molar-refractivity contribution in [1.29, 1.82) is 0 Å². The van der Waals surface area contributed by atoms with Crippen molar-refractivity contribution in [3.05, 3.63) is 22.7 Å². The van der Waals surface area contributed by atoms with Crippen LogP contribution < -0.4 is 15.6 Å². The van der Waals surface area contributed by atoms with Crippen molar-refractivity contribution in [2.75, 3.05) is 12.5 Å². The first-order valence-electron chi connectivity index (χ1n) is 5.09. The number of amides is 1. The number of nitrogens with one attached hydrogen (secondary N) is 2. The van der Waals surface area contributed by atoms with E-state index < -0.39 is 6.09 Å². The fourth-order valence-corrected chi connectivity index (χ4v) is 1.50. The molecule has 1 aromatic rings. The van der Waals surface area contributed by atoms with Crippen molar-refractivity contribution >= 4 is 27.7 Å². The quantitative estimate of drug-likeness (QED) is 0.840. The average molecular weight is 303 g/mol. The predicted octanol–water partition coefficient (Wildman–Crippen LogP) is 2.92. The molecule has 1 rings (SSSR count). The summed E-state index contributed by atoms with van der Waals surface area (Å²) in [6.07, 6.45) is -0.705. The van der Waals surface area contributed by atoms with Crippen LogP contribution in [0, 0.1) is 0 Å². The highest BCUT2D eigenvalue weighted by Crippen LogP contribution is 2.27. The Balaban J connectivity index is 2.62. The van der Waals surface area contributed by atoms with E-state index in [0.717, 1.165) is 4.47 Å². The van der Waals surface area contributed by atoms with Crippen molar-refractivity contribution in [2.45, 2.75) is 20.0 Å². The minimum absolute atomic E-state index is 0.166. The van der Waals surface area contributed by atoms with Gasteiger partial charge in [-0.1, -0.05) is 15.9 Å². The topological polar surface area (TPSA) is 59.6 Å². The monoisotopic (exact) mass is 302 g/mol. The summed E-state index contributed by atoms with van der Waals surface area (Å²) in [5.41, 5.74) is 5.79. The number of ether oxygens (including phenoxy) is 2. The third kappa shape index (κ3) is 4.52. The Labute approximate surface area is 109 Å². The summed E-state index contributed by atoms with van der Waals surface area (Å²) in [4.78, 5) is 11.3. The van der Waals surface area contributed by atoms with E-state index in [1.54, 1.807) is 33.1 Å². The van der Waals surface area contributed by atoms with Crippen molar-refractivity contribution < 1.29 is 14.3 Å². The standard InChI is InChI=1S/C11H15BrN2O3/c1-7(2)17-11(15)14-13-9-6-8(12)4-5-10(9)16-3/h4-7,13H,1-3H3,(H,14,15). The Kier molecular flexibility index (Phi) is 5.09. The molecule has 0 unspecified atom stereocenters. The van der Waals surface area contributed by atoms with E-state index in [4.69, 9.17) is 9.47 Å². The van der Waals surface area contributed by atoms with Crippen LogP contribution >= 0.6 is 15.9 Å². The molecule has 1 aromatic carbocycles. The van der Waals surface area contributed by atoms with Gasteiger partial charge in [-0.3, -0.25) is 5.43 Å². The minimum Gasteiger partial charge on any atom is -0.495 e. The van der Waals surface area contributed by atoms with E-state index in [9.17, 15) is 4.79 Å². The lowest BCUT2D eigenvalue weighted by atomic mass is 10.3. The molecule has 6 heteroatoms. The molecule has 5 nitrogen and oxygen atoms in total. The summed E-state index contributed by atoms with van der Waals surface area (Å²) in [6.45, 7) is 3.55. The third-order valence-electron chi connectivity index (χ3n) is 1.80. The Hall–Kier alpha value is -1.43. The summed E-state index contributed by atoms with van der Waals surface area (Å²) >= 11 is 3.33. The van der Waals surface area contributed by atoms with Crippen molar-refractivity contribution in [3.63, 3.8) is 0 Å². The van der Waals surface area contributed by atoms with Gasteiger partial charge in [0.2, 0.25) is 0 Å². The number of carbonyl (C=O) groups is 1. The van der Waals surface area contributed by atoms with Crippen LogP contribution in [0.25, 0.3) is 0 Å². The van der Waals surface area contributed by atoms with Gasteiger partial charge in [0.25, 0.3) is 0 Å². The molecule has 0 saturated carbocycles. The number of hydrazine groups is 1. The molecule has 0 aliphatic carbocycles. The van der Waals surface area contributed by atoms with Gasteiger partial charge in [0, 0.05) is 4.47 Å². The number of hydrogen-bond acceptors (Lipinski definition) is 4. The van der Waals surface area contributed by atoms with Gasteiger partial charge in [0.1, 0.15) is 5.75 Å². The summed E-state index contributed by atoms with van der Waals surface area (Å²) in [6, 6.07) is 5.41. The lowest BCUT2D eigenvalue weighted by Crippen LogP contribution is -2.31. The number of halogens is 1. The molecule has 0 radical (unpaired) electrons. The van der Waals surface area contributed by atoms with E-state index >= 15 is 0 Å². The fourth-order valence-electron chi connectivity index (χ4n) is 1.14. The molecule has 0 spiro atoms. The van der Waals surface area contributed by atoms with E-state index in [0.29, 0.717) is 11.4 Å². The first-order chi connectivity index (χ1) is 8.02. The second kappa shape index (κ2) is 6.34. The lowest BCUT2D eigenvalue weighted by Gasteiger charge is -2.13. The molecule has 0 heterocycles. The molecule has 0 aliphatic rings. The van der Waals surface area contributed by atoms with Crippen LogP contribution in [0.2, 0.25) is 0 Å². The smallest absolute Gasteiger partial charge is 0.426 e. The van der Waals surface area contributed by atoms with Crippen molar-refractivity contribution in [3.8, 4) is 5.75 Å². The number of methoxy groups -OCH3 is 1. The largest absolute Gasteiger partial charge is 0.495 e. The molecule has 2 N–H and O–H groups in total. The molecular weight excluding hydrogens is 288 g/mol. The van der Waals surface area contributed by atoms with Gasteiger partial charge in [0.15, 0.2) is 0 Å². The van der Waals surface area contributed by atoms with Gasteiger partial charge < -0.3 is 9.47 Å². The summed E-state index contributed by atoms with van der Waals surface area (Å²) in [7, 11) is 1.56. The molecule has 0 fully saturated rings. The van der Waals surface area contributed by atoms with Crippen LogP contribution in [0.15, 0.2) is 22.7 Å². The Bertz CT molecular complexity index is 396. The van der Waals surface area contributed by atoms with Crippen molar-refractivity contribution in [1.82, 2.24) is 5.43 Å². The van der Waals surface area contributed by atoms with Gasteiger partial charge in [0.05, 0.1) is 18.9 Å². The molecule has 94 valence electrons. The summed E-state index contributed by atoms with van der Waals surface area (Å²) in [5.74, 6) is 0.623. The lowest BCUT2D eigenvalue weighted by molar-refractivity contribution is 0.117. The Morgan fingerprint density at radius 3 is 2.71 bits per heavy atom. The highest BCUT2D eigenvalue weighted by Gasteiger charge is 2.07. The summed E-state index contributed by atoms with van der Waals surface area (Å²) < 4.78 is 10.9. The normalized spacial score (nSPS) is 9.94. The SMILES string of the molecule is COc1ccc(Br)cc1NNC(=O)OC(C)C. The first-order valence-corrected chi connectivity index (χ1v) is 5.88. The highest BCUT2D eigenvalue weighted by atomic mass is 79.9. The highest BCUT2D eigenvalue weighted by molar-refractivity contribution is 9.10. The second-order valence-electron chi connectivity index (χ2n) is 3.55. The Morgan fingerprint density at radius 2 is 2.12 bits per heavy atom. The van der Waals surface area contributed by atoms with E-state index in [1.807, 2.05) is 6.07 Å². The molecule has 1 amide bonds. The zero-order valence-electron chi connectivity index (χ0n) is 9.91. The third-order valence-corrected chi connectivity index (χ3v) is 2.30. The molecule has 0 atom stereocenters. The van der Waals surface area contributed by atoms with E-state index in [1.165, 1.54) is 0 Å². The number of benzene rings is 1. The molecule has 0 bridgehead atoms.